The van der Waals surface area contributed by atoms with Crippen LogP contribution >= 0.6 is 7.92 Å². The van der Waals surface area contributed by atoms with Gasteiger partial charge >= 0.3 is 18.9 Å². The van der Waals surface area contributed by atoms with Crippen molar-refractivity contribution in [3.05, 3.63) is 72.8 Å². The second kappa shape index (κ2) is 9.60. The fourth-order valence-electron chi connectivity index (χ4n) is 2.87. The van der Waals surface area contributed by atoms with E-state index >= 15 is 0 Å². The summed E-state index contributed by atoms with van der Waals surface area (Å²) in [4.78, 5) is -0.229. The molecule has 8 heteroatoms. The molecule has 0 heterocycles. The van der Waals surface area contributed by atoms with Crippen LogP contribution in [0.4, 0.5) is 0 Å². The SMILES string of the molecule is COc1ccccc1P(c1ccccc1OC)c1ccccc1S(=O)(=O)[O-].[Li+]. The summed E-state index contributed by atoms with van der Waals surface area (Å²) in [7, 11) is -2.94. The van der Waals surface area contributed by atoms with Gasteiger partial charge in [0, 0.05) is 15.9 Å². The summed E-state index contributed by atoms with van der Waals surface area (Å²) in [5.74, 6) is 1.24. The number of methoxy groups -OCH3 is 2. The summed E-state index contributed by atoms with van der Waals surface area (Å²) < 4.78 is 46.8. The van der Waals surface area contributed by atoms with Gasteiger partial charge in [0.05, 0.1) is 19.1 Å². The average molecular weight is 408 g/mol. The largest absolute Gasteiger partial charge is 1.00 e. The molecule has 0 aromatic heterocycles. The van der Waals surface area contributed by atoms with Crippen molar-refractivity contribution in [2.45, 2.75) is 4.90 Å². The Balaban J connectivity index is 0.00000280. The van der Waals surface area contributed by atoms with E-state index in [0.717, 1.165) is 10.6 Å². The van der Waals surface area contributed by atoms with E-state index in [2.05, 4.69) is 0 Å². The Morgan fingerprint density at radius 3 is 1.54 bits per heavy atom. The van der Waals surface area contributed by atoms with Gasteiger partial charge in [0.25, 0.3) is 0 Å². The zero-order chi connectivity index (χ0) is 19.4. The predicted octanol–water partition coefficient (Wildman–Crippen LogP) is -0.630. The van der Waals surface area contributed by atoms with Crippen molar-refractivity contribution in [1.82, 2.24) is 0 Å². The maximum absolute atomic E-state index is 11.9. The molecular weight excluding hydrogens is 390 g/mol. The quantitative estimate of drug-likeness (QED) is 0.309. The first-order valence-electron chi connectivity index (χ1n) is 8.08. The monoisotopic (exact) mass is 408 g/mol. The van der Waals surface area contributed by atoms with Crippen molar-refractivity contribution in [2.24, 2.45) is 0 Å². The van der Waals surface area contributed by atoms with Gasteiger partial charge in [-0.25, -0.2) is 8.42 Å². The van der Waals surface area contributed by atoms with E-state index in [9.17, 15) is 13.0 Å². The maximum Gasteiger partial charge on any atom is 1.00 e. The second-order valence-corrected chi connectivity index (χ2v) is 9.07. The van der Waals surface area contributed by atoms with Crippen molar-refractivity contribution in [1.29, 1.82) is 0 Å². The van der Waals surface area contributed by atoms with E-state index < -0.39 is 18.0 Å². The Labute approximate surface area is 178 Å². The molecule has 3 aromatic carbocycles. The van der Waals surface area contributed by atoms with Gasteiger partial charge in [0.2, 0.25) is 0 Å². The van der Waals surface area contributed by atoms with Crippen LogP contribution in [0.5, 0.6) is 11.5 Å². The smallest absolute Gasteiger partial charge is 0.744 e. The third-order valence-corrected chi connectivity index (χ3v) is 7.65. The van der Waals surface area contributed by atoms with Gasteiger partial charge in [-0.3, -0.25) is 0 Å². The molecule has 0 N–H and O–H groups in total. The molecule has 0 spiro atoms. The van der Waals surface area contributed by atoms with E-state index in [4.69, 9.17) is 9.47 Å². The van der Waals surface area contributed by atoms with Gasteiger partial charge in [-0.15, -0.1) is 0 Å². The van der Waals surface area contributed by atoms with E-state index in [0.29, 0.717) is 16.8 Å². The molecule has 0 atom stereocenters. The van der Waals surface area contributed by atoms with Gasteiger partial charge < -0.3 is 14.0 Å². The molecule has 3 rings (SSSR count). The Morgan fingerprint density at radius 1 is 0.714 bits per heavy atom. The van der Waals surface area contributed by atoms with Gasteiger partial charge in [0.1, 0.15) is 21.6 Å². The number of para-hydroxylation sites is 2. The Hall–Kier alpha value is -1.80. The first-order chi connectivity index (χ1) is 13.0. The molecule has 0 unspecified atom stereocenters. The molecule has 0 aliphatic carbocycles. The van der Waals surface area contributed by atoms with E-state index in [1.165, 1.54) is 6.07 Å². The average Bonchev–Trinajstić information content (AvgIpc) is 2.68. The minimum atomic E-state index is -4.65. The van der Waals surface area contributed by atoms with Gasteiger partial charge in [-0.1, -0.05) is 54.6 Å². The topological polar surface area (TPSA) is 75.7 Å². The third kappa shape index (κ3) is 4.60. The maximum atomic E-state index is 11.9. The number of rotatable bonds is 6. The van der Waals surface area contributed by atoms with Crippen molar-refractivity contribution in [3.8, 4) is 11.5 Å². The normalized spacial score (nSPS) is 11.0. The Bertz CT molecular complexity index is 1010. The van der Waals surface area contributed by atoms with Crippen LogP contribution in [0.15, 0.2) is 77.7 Å². The molecular formula is C20H18LiO5PS. The fraction of sp³-hybridized carbons (Fsp3) is 0.100. The molecule has 0 radical (unpaired) electrons. The van der Waals surface area contributed by atoms with Crippen LogP contribution in [0.3, 0.4) is 0 Å². The van der Waals surface area contributed by atoms with Crippen LogP contribution in [-0.2, 0) is 10.1 Å². The first-order valence-corrected chi connectivity index (χ1v) is 10.8. The fourth-order valence-corrected chi connectivity index (χ4v) is 6.60. The summed E-state index contributed by atoms with van der Waals surface area (Å²) in [5, 5.41) is 2.04. The molecule has 0 bridgehead atoms. The zero-order valence-electron chi connectivity index (χ0n) is 15.8. The van der Waals surface area contributed by atoms with Crippen LogP contribution in [0, 0.1) is 0 Å². The summed E-state index contributed by atoms with van der Waals surface area (Å²) >= 11 is 0. The molecule has 140 valence electrons. The molecule has 3 aromatic rings. The second-order valence-electron chi connectivity index (χ2n) is 5.60. The number of hydrogen-bond acceptors (Lipinski definition) is 5. The molecule has 0 saturated carbocycles. The summed E-state index contributed by atoms with van der Waals surface area (Å²) in [5.41, 5.74) is 0. The molecule has 28 heavy (non-hydrogen) atoms. The summed E-state index contributed by atoms with van der Waals surface area (Å²) in [6, 6.07) is 21.1. The number of hydrogen-bond donors (Lipinski definition) is 0. The number of ether oxygens (including phenoxy) is 2. The third-order valence-electron chi connectivity index (χ3n) is 4.03. The molecule has 0 fully saturated rings. The summed E-state index contributed by atoms with van der Waals surface area (Å²) in [6.07, 6.45) is 0. The van der Waals surface area contributed by atoms with E-state index in [1.807, 2.05) is 48.5 Å². The molecule has 0 aliphatic heterocycles. The van der Waals surface area contributed by atoms with Crippen LogP contribution in [0.25, 0.3) is 0 Å². The van der Waals surface area contributed by atoms with Crippen molar-refractivity contribution in [3.63, 3.8) is 0 Å². The Morgan fingerprint density at radius 2 is 1.11 bits per heavy atom. The minimum Gasteiger partial charge on any atom is -0.744 e. The van der Waals surface area contributed by atoms with Crippen LogP contribution in [0.2, 0.25) is 0 Å². The van der Waals surface area contributed by atoms with Crippen LogP contribution < -0.4 is 44.2 Å². The molecule has 0 amide bonds. The number of benzene rings is 3. The Kier molecular flexibility index (Phi) is 7.71. The van der Waals surface area contributed by atoms with Crippen molar-refractivity contribution >= 4 is 34.0 Å². The zero-order valence-corrected chi connectivity index (χ0v) is 17.5. The standard InChI is InChI=1S/C20H19O5PS.Li/c1-24-15-9-3-5-11-17(15)26(18-12-6-4-10-16(18)25-2)19-13-7-8-14-20(19)27(21,22)23;/h3-14H,1-2H3,(H,21,22,23);/q;+1/p-1. The van der Waals surface area contributed by atoms with Gasteiger partial charge in [-0.05, 0) is 26.1 Å². The van der Waals surface area contributed by atoms with Crippen molar-refractivity contribution in [2.75, 3.05) is 14.2 Å². The molecule has 5 nitrogen and oxygen atoms in total. The molecule has 0 saturated heterocycles. The van der Waals surface area contributed by atoms with Crippen LogP contribution in [0.1, 0.15) is 0 Å². The van der Waals surface area contributed by atoms with Crippen molar-refractivity contribution < 1.29 is 41.3 Å². The minimum absolute atomic E-state index is 0. The molecule has 0 aliphatic rings. The van der Waals surface area contributed by atoms with Gasteiger partial charge in [-0.2, -0.15) is 0 Å². The van der Waals surface area contributed by atoms with Crippen LogP contribution in [-0.4, -0.2) is 27.2 Å². The predicted molar refractivity (Wildman–Crippen MR) is 106 cm³/mol. The summed E-state index contributed by atoms with van der Waals surface area (Å²) in [6.45, 7) is 0. The van der Waals surface area contributed by atoms with E-state index in [1.54, 1.807) is 32.4 Å². The van der Waals surface area contributed by atoms with Gasteiger partial charge in [0.15, 0.2) is 0 Å². The first kappa shape index (κ1) is 22.5. The van der Waals surface area contributed by atoms with E-state index in [-0.39, 0.29) is 23.8 Å².